The fraction of sp³-hybridized carbons (Fsp3) is 0.333. The van der Waals surface area contributed by atoms with Gasteiger partial charge in [-0.05, 0) is 66.6 Å². The molecule has 0 radical (unpaired) electrons. The van der Waals surface area contributed by atoms with Gasteiger partial charge in [0.25, 0.3) is 0 Å². The molecule has 0 unspecified atom stereocenters. The molecule has 0 spiro atoms. The molecule has 2 N–H and O–H groups in total. The average molecular weight is 266 g/mol. The van der Waals surface area contributed by atoms with Gasteiger partial charge < -0.3 is 10.6 Å². The number of hydrogen-bond acceptors (Lipinski definition) is 2. The van der Waals surface area contributed by atoms with Crippen LogP contribution < -0.4 is 10.6 Å². The standard InChI is InChI=1S/C18H22N2/c1-20(17-9-6-14(13-19)7-10-17)18-11-8-15-4-2-3-5-16(15)12-18/h6-12H,2-5,13,19H2,1H3. The van der Waals surface area contributed by atoms with Crippen molar-refractivity contribution in [3.63, 3.8) is 0 Å². The number of nitrogens with two attached hydrogens (primary N) is 1. The number of anilines is 2. The van der Waals surface area contributed by atoms with Crippen LogP contribution in [0.15, 0.2) is 42.5 Å². The minimum atomic E-state index is 0.600. The molecule has 0 bridgehead atoms. The number of aryl methyl sites for hydroxylation is 2. The summed E-state index contributed by atoms with van der Waals surface area (Å²) in [5, 5.41) is 0. The number of rotatable bonds is 3. The molecule has 1 aliphatic carbocycles. The van der Waals surface area contributed by atoms with Crippen molar-refractivity contribution in [3.05, 3.63) is 59.2 Å². The lowest BCUT2D eigenvalue weighted by Gasteiger charge is -2.23. The van der Waals surface area contributed by atoms with Gasteiger partial charge in [-0.1, -0.05) is 18.2 Å². The second-order valence-electron chi connectivity index (χ2n) is 5.59. The maximum atomic E-state index is 5.65. The fourth-order valence-corrected chi connectivity index (χ4v) is 2.93. The van der Waals surface area contributed by atoms with Gasteiger partial charge in [0.2, 0.25) is 0 Å². The van der Waals surface area contributed by atoms with E-state index < -0.39 is 0 Å². The summed E-state index contributed by atoms with van der Waals surface area (Å²) >= 11 is 0. The lowest BCUT2D eigenvalue weighted by Crippen LogP contribution is -2.11. The zero-order chi connectivity index (χ0) is 13.9. The summed E-state index contributed by atoms with van der Waals surface area (Å²) in [6.07, 6.45) is 5.13. The molecule has 3 rings (SSSR count). The minimum Gasteiger partial charge on any atom is -0.345 e. The Morgan fingerprint density at radius 2 is 1.55 bits per heavy atom. The topological polar surface area (TPSA) is 29.3 Å². The van der Waals surface area contributed by atoms with Crippen LogP contribution in [0.25, 0.3) is 0 Å². The van der Waals surface area contributed by atoms with Crippen molar-refractivity contribution in [2.24, 2.45) is 5.73 Å². The summed E-state index contributed by atoms with van der Waals surface area (Å²) in [6.45, 7) is 0.600. The molecular formula is C18H22N2. The van der Waals surface area contributed by atoms with E-state index in [0.717, 1.165) is 0 Å². The van der Waals surface area contributed by atoms with E-state index in [1.54, 1.807) is 0 Å². The molecule has 0 atom stereocenters. The van der Waals surface area contributed by atoms with Gasteiger partial charge in [-0.3, -0.25) is 0 Å². The van der Waals surface area contributed by atoms with Gasteiger partial charge in [0.05, 0.1) is 0 Å². The van der Waals surface area contributed by atoms with Crippen molar-refractivity contribution in [2.75, 3.05) is 11.9 Å². The average Bonchev–Trinajstić information content (AvgIpc) is 2.54. The van der Waals surface area contributed by atoms with Crippen molar-refractivity contribution in [1.82, 2.24) is 0 Å². The second-order valence-corrected chi connectivity index (χ2v) is 5.59. The first-order valence-electron chi connectivity index (χ1n) is 7.42. The molecule has 0 aliphatic heterocycles. The smallest absolute Gasteiger partial charge is 0.0411 e. The highest BCUT2D eigenvalue weighted by Crippen LogP contribution is 2.29. The minimum absolute atomic E-state index is 0.600. The first kappa shape index (κ1) is 13.2. The predicted octanol–water partition coefficient (Wildman–Crippen LogP) is 3.79. The molecule has 2 aromatic carbocycles. The van der Waals surface area contributed by atoms with Gasteiger partial charge in [0, 0.05) is 25.0 Å². The zero-order valence-corrected chi connectivity index (χ0v) is 12.1. The van der Waals surface area contributed by atoms with E-state index in [2.05, 4.69) is 54.4 Å². The van der Waals surface area contributed by atoms with Crippen LogP contribution in [0.1, 0.15) is 29.5 Å². The van der Waals surface area contributed by atoms with Crippen LogP contribution >= 0.6 is 0 Å². The molecule has 2 aromatic rings. The molecule has 0 heterocycles. The molecule has 0 amide bonds. The predicted molar refractivity (Wildman–Crippen MR) is 85.5 cm³/mol. The van der Waals surface area contributed by atoms with Gasteiger partial charge in [0.1, 0.15) is 0 Å². The van der Waals surface area contributed by atoms with Gasteiger partial charge in [-0.15, -0.1) is 0 Å². The van der Waals surface area contributed by atoms with Gasteiger partial charge >= 0.3 is 0 Å². The normalized spacial score (nSPS) is 13.9. The molecular weight excluding hydrogens is 244 g/mol. The van der Waals surface area contributed by atoms with E-state index in [1.165, 1.54) is 53.7 Å². The highest BCUT2D eigenvalue weighted by molar-refractivity contribution is 5.64. The van der Waals surface area contributed by atoms with Crippen LogP contribution in [0.5, 0.6) is 0 Å². The summed E-state index contributed by atoms with van der Waals surface area (Å²) in [5.74, 6) is 0. The summed E-state index contributed by atoms with van der Waals surface area (Å²) < 4.78 is 0. The van der Waals surface area contributed by atoms with E-state index in [-0.39, 0.29) is 0 Å². The Kier molecular flexibility index (Phi) is 3.75. The molecule has 0 aromatic heterocycles. The Balaban J connectivity index is 1.87. The lowest BCUT2D eigenvalue weighted by atomic mass is 9.91. The third kappa shape index (κ3) is 2.56. The van der Waals surface area contributed by atoms with Crippen LogP contribution in [0.2, 0.25) is 0 Å². The van der Waals surface area contributed by atoms with Crippen LogP contribution in [-0.4, -0.2) is 7.05 Å². The highest BCUT2D eigenvalue weighted by Gasteiger charge is 2.11. The Hall–Kier alpha value is -1.80. The van der Waals surface area contributed by atoms with E-state index in [9.17, 15) is 0 Å². The largest absolute Gasteiger partial charge is 0.345 e. The van der Waals surface area contributed by atoms with Crippen molar-refractivity contribution in [2.45, 2.75) is 32.2 Å². The van der Waals surface area contributed by atoms with Crippen molar-refractivity contribution < 1.29 is 0 Å². The van der Waals surface area contributed by atoms with E-state index in [4.69, 9.17) is 5.73 Å². The SMILES string of the molecule is CN(c1ccc(CN)cc1)c1ccc2c(c1)CCCC2. The Labute approximate surface area is 121 Å². The highest BCUT2D eigenvalue weighted by atomic mass is 15.1. The Morgan fingerprint density at radius 3 is 2.25 bits per heavy atom. The molecule has 20 heavy (non-hydrogen) atoms. The molecule has 0 fully saturated rings. The molecule has 1 aliphatic rings. The molecule has 0 saturated carbocycles. The molecule has 104 valence electrons. The monoisotopic (exact) mass is 266 g/mol. The first-order chi connectivity index (χ1) is 9.78. The van der Waals surface area contributed by atoms with Crippen molar-refractivity contribution in [1.29, 1.82) is 0 Å². The fourth-order valence-electron chi connectivity index (χ4n) is 2.93. The Bertz CT molecular complexity index is 587. The molecule has 0 saturated heterocycles. The van der Waals surface area contributed by atoms with E-state index >= 15 is 0 Å². The number of fused-ring (bicyclic) bond motifs is 1. The quantitative estimate of drug-likeness (QED) is 0.915. The van der Waals surface area contributed by atoms with Gasteiger partial charge in [-0.25, -0.2) is 0 Å². The third-order valence-corrected chi connectivity index (χ3v) is 4.28. The summed E-state index contributed by atoms with van der Waals surface area (Å²) in [6, 6.07) is 15.4. The zero-order valence-electron chi connectivity index (χ0n) is 12.1. The lowest BCUT2D eigenvalue weighted by molar-refractivity contribution is 0.685. The van der Waals surface area contributed by atoms with Crippen LogP contribution in [0, 0.1) is 0 Å². The first-order valence-corrected chi connectivity index (χ1v) is 7.42. The second kappa shape index (κ2) is 5.68. The summed E-state index contributed by atoms with van der Waals surface area (Å²) in [5.41, 5.74) is 12.4. The van der Waals surface area contributed by atoms with Crippen LogP contribution in [-0.2, 0) is 19.4 Å². The van der Waals surface area contributed by atoms with Crippen LogP contribution in [0.3, 0.4) is 0 Å². The maximum absolute atomic E-state index is 5.65. The number of benzene rings is 2. The van der Waals surface area contributed by atoms with E-state index in [0.29, 0.717) is 6.54 Å². The number of nitrogens with zero attached hydrogens (tertiary/aromatic N) is 1. The molecule has 2 heteroatoms. The number of hydrogen-bond donors (Lipinski definition) is 1. The third-order valence-electron chi connectivity index (χ3n) is 4.28. The van der Waals surface area contributed by atoms with Crippen LogP contribution in [0.4, 0.5) is 11.4 Å². The maximum Gasteiger partial charge on any atom is 0.0411 e. The summed E-state index contributed by atoms with van der Waals surface area (Å²) in [7, 11) is 2.13. The van der Waals surface area contributed by atoms with Crippen molar-refractivity contribution >= 4 is 11.4 Å². The van der Waals surface area contributed by atoms with Crippen molar-refractivity contribution in [3.8, 4) is 0 Å². The summed E-state index contributed by atoms with van der Waals surface area (Å²) in [4.78, 5) is 2.25. The van der Waals surface area contributed by atoms with Gasteiger partial charge in [-0.2, -0.15) is 0 Å². The molecule has 2 nitrogen and oxygen atoms in total. The Morgan fingerprint density at radius 1 is 0.900 bits per heavy atom. The van der Waals surface area contributed by atoms with E-state index in [1.807, 2.05) is 0 Å². The van der Waals surface area contributed by atoms with Gasteiger partial charge in [0.15, 0.2) is 0 Å².